The molecule has 2 aromatic heterocycles. The van der Waals surface area contributed by atoms with Crippen molar-refractivity contribution in [3.05, 3.63) is 52.0 Å². The van der Waals surface area contributed by atoms with Crippen LogP contribution in [0.3, 0.4) is 0 Å². The molecule has 0 spiro atoms. The van der Waals surface area contributed by atoms with Crippen molar-refractivity contribution < 1.29 is 9.53 Å². The van der Waals surface area contributed by atoms with Crippen LogP contribution < -0.4 is 10.9 Å². The Morgan fingerprint density at radius 3 is 3.09 bits per heavy atom. The number of carbonyl (C=O) groups excluding carboxylic acids is 1. The van der Waals surface area contributed by atoms with Crippen molar-refractivity contribution in [2.24, 2.45) is 0 Å². The molecule has 2 atom stereocenters. The lowest BCUT2D eigenvalue weighted by Gasteiger charge is -2.20. The smallest absolute Gasteiger partial charge is 0.253 e. The molecule has 3 heterocycles. The number of carbonyl (C=O) groups is 1. The summed E-state index contributed by atoms with van der Waals surface area (Å²) in [6.07, 6.45) is 4.13. The van der Waals surface area contributed by atoms with Crippen molar-refractivity contribution in [1.82, 2.24) is 19.9 Å². The molecule has 7 heteroatoms. The summed E-state index contributed by atoms with van der Waals surface area (Å²) in [4.78, 5) is 30.8. The second-order valence-electron chi connectivity index (χ2n) is 5.59. The number of H-pyrrole nitrogens is 1. The summed E-state index contributed by atoms with van der Waals surface area (Å²) < 4.78 is 7.80. The lowest BCUT2D eigenvalue weighted by Crippen LogP contribution is -2.38. The second kappa shape index (κ2) is 6.37. The number of rotatable bonds is 4. The number of imidazole rings is 1. The first-order chi connectivity index (χ1) is 11.1. The van der Waals surface area contributed by atoms with Crippen molar-refractivity contribution in [2.45, 2.75) is 39.0 Å². The van der Waals surface area contributed by atoms with Crippen LogP contribution in [0.1, 0.15) is 41.3 Å². The van der Waals surface area contributed by atoms with Crippen LogP contribution in [-0.2, 0) is 11.3 Å². The van der Waals surface area contributed by atoms with Gasteiger partial charge in [0.15, 0.2) is 0 Å². The van der Waals surface area contributed by atoms with Crippen LogP contribution in [0.5, 0.6) is 0 Å². The Hall–Kier alpha value is -2.41. The maximum absolute atomic E-state index is 12.5. The van der Waals surface area contributed by atoms with Crippen LogP contribution in [-0.4, -0.2) is 33.1 Å². The topological polar surface area (TPSA) is 89.0 Å². The largest absolute Gasteiger partial charge is 0.368 e. The van der Waals surface area contributed by atoms with Gasteiger partial charge in [0.05, 0.1) is 11.6 Å². The van der Waals surface area contributed by atoms with E-state index in [2.05, 4.69) is 15.3 Å². The summed E-state index contributed by atoms with van der Waals surface area (Å²) in [5.41, 5.74) is 0.806. The molecule has 2 N–H and O–H groups in total. The maximum Gasteiger partial charge on any atom is 0.253 e. The van der Waals surface area contributed by atoms with E-state index in [1.807, 2.05) is 17.7 Å². The van der Waals surface area contributed by atoms with E-state index in [1.54, 1.807) is 19.2 Å². The predicted molar refractivity (Wildman–Crippen MR) is 84.3 cm³/mol. The molecule has 0 saturated carbocycles. The number of nitrogens with zero attached hydrogens (tertiary/aromatic N) is 2. The number of hydrogen-bond donors (Lipinski definition) is 2. The third-order valence-electron chi connectivity index (χ3n) is 4.11. The molecule has 0 aromatic carbocycles. The molecule has 1 aliphatic rings. The molecule has 0 aliphatic carbocycles. The zero-order chi connectivity index (χ0) is 16.4. The number of nitrogens with one attached hydrogen (secondary N) is 2. The maximum atomic E-state index is 12.5. The fourth-order valence-electron chi connectivity index (χ4n) is 2.91. The molecular weight excluding hydrogens is 296 g/mol. The molecule has 1 fully saturated rings. The van der Waals surface area contributed by atoms with E-state index in [0.29, 0.717) is 17.9 Å². The highest BCUT2D eigenvalue weighted by Crippen LogP contribution is 2.28. The van der Waals surface area contributed by atoms with Gasteiger partial charge in [-0.05, 0) is 26.3 Å². The molecule has 23 heavy (non-hydrogen) atoms. The van der Waals surface area contributed by atoms with Gasteiger partial charge in [-0.25, -0.2) is 4.98 Å². The van der Waals surface area contributed by atoms with Gasteiger partial charge in [0.25, 0.3) is 5.91 Å². The normalized spacial score (nSPS) is 20.6. The summed E-state index contributed by atoms with van der Waals surface area (Å²) >= 11 is 0. The summed E-state index contributed by atoms with van der Waals surface area (Å²) in [6, 6.07) is 2.76. The summed E-state index contributed by atoms with van der Waals surface area (Å²) in [7, 11) is 0. The van der Waals surface area contributed by atoms with Crippen LogP contribution in [0.15, 0.2) is 29.3 Å². The number of amides is 1. The quantitative estimate of drug-likeness (QED) is 0.886. The number of ether oxygens (including phenoxy) is 1. The second-order valence-corrected chi connectivity index (χ2v) is 5.59. The Morgan fingerprint density at radius 2 is 2.35 bits per heavy atom. The minimum atomic E-state index is -0.253. The zero-order valence-electron chi connectivity index (χ0n) is 13.2. The SMILES string of the molecule is CCn1ccnc1[C@H]1OCC[C@@H]1NC(=O)c1ccc(=O)[nH]c1C. The zero-order valence-corrected chi connectivity index (χ0v) is 13.2. The van der Waals surface area contributed by atoms with Gasteiger partial charge >= 0.3 is 0 Å². The summed E-state index contributed by atoms with van der Waals surface area (Å²) in [5, 5.41) is 3.01. The average molecular weight is 316 g/mol. The minimum Gasteiger partial charge on any atom is -0.368 e. The van der Waals surface area contributed by atoms with Crippen LogP contribution >= 0.6 is 0 Å². The lowest BCUT2D eigenvalue weighted by atomic mass is 10.1. The van der Waals surface area contributed by atoms with Crippen LogP contribution in [0.25, 0.3) is 0 Å². The number of pyridine rings is 1. The van der Waals surface area contributed by atoms with Crippen LogP contribution in [0, 0.1) is 6.92 Å². The van der Waals surface area contributed by atoms with Gasteiger partial charge in [0.1, 0.15) is 11.9 Å². The monoisotopic (exact) mass is 316 g/mol. The van der Waals surface area contributed by atoms with Crippen molar-refractivity contribution in [3.63, 3.8) is 0 Å². The van der Waals surface area contributed by atoms with Gasteiger partial charge in [-0.2, -0.15) is 0 Å². The molecule has 3 rings (SSSR count). The Labute approximate surface area is 133 Å². The molecule has 2 aromatic rings. The first kappa shape index (κ1) is 15.5. The molecule has 1 amide bonds. The van der Waals surface area contributed by atoms with E-state index in [-0.39, 0.29) is 23.6 Å². The van der Waals surface area contributed by atoms with Crippen molar-refractivity contribution >= 4 is 5.91 Å². The Kier molecular flexibility index (Phi) is 4.29. The van der Waals surface area contributed by atoms with Crippen molar-refractivity contribution in [1.29, 1.82) is 0 Å². The van der Waals surface area contributed by atoms with Gasteiger partial charge in [-0.1, -0.05) is 0 Å². The summed E-state index contributed by atoms with van der Waals surface area (Å²) in [6.45, 7) is 5.13. The van der Waals surface area contributed by atoms with E-state index in [0.717, 1.165) is 18.8 Å². The lowest BCUT2D eigenvalue weighted by molar-refractivity contribution is 0.0775. The summed E-state index contributed by atoms with van der Waals surface area (Å²) in [5.74, 6) is 0.613. The Morgan fingerprint density at radius 1 is 1.52 bits per heavy atom. The first-order valence-corrected chi connectivity index (χ1v) is 7.73. The molecule has 0 unspecified atom stereocenters. The average Bonchev–Trinajstić information content (AvgIpc) is 3.14. The molecule has 0 bridgehead atoms. The van der Waals surface area contributed by atoms with Gasteiger partial charge in [0.2, 0.25) is 5.56 Å². The highest BCUT2D eigenvalue weighted by Gasteiger charge is 2.34. The third-order valence-corrected chi connectivity index (χ3v) is 4.11. The fraction of sp³-hybridized carbons (Fsp3) is 0.438. The number of aromatic nitrogens is 3. The minimum absolute atomic E-state index is 0.137. The van der Waals surface area contributed by atoms with Crippen molar-refractivity contribution in [2.75, 3.05) is 6.61 Å². The van der Waals surface area contributed by atoms with Gasteiger partial charge in [-0.15, -0.1) is 0 Å². The molecule has 1 saturated heterocycles. The van der Waals surface area contributed by atoms with E-state index in [4.69, 9.17) is 4.74 Å². The van der Waals surface area contributed by atoms with Crippen LogP contribution in [0.4, 0.5) is 0 Å². The fourth-order valence-corrected chi connectivity index (χ4v) is 2.91. The molecule has 122 valence electrons. The third kappa shape index (κ3) is 3.05. The first-order valence-electron chi connectivity index (χ1n) is 7.73. The van der Waals surface area contributed by atoms with Crippen molar-refractivity contribution in [3.8, 4) is 0 Å². The number of hydrogen-bond acceptors (Lipinski definition) is 4. The molecular formula is C16H20N4O3. The molecule has 1 aliphatic heterocycles. The van der Waals surface area contributed by atoms with E-state index in [9.17, 15) is 9.59 Å². The van der Waals surface area contributed by atoms with Gasteiger partial charge in [0, 0.05) is 37.3 Å². The predicted octanol–water partition coefficient (Wildman–Crippen LogP) is 1.16. The van der Waals surface area contributed by atoms with Gasteiger partial charge in [-0.3, -0.25) is 9.59 Å². The van der Waals surface area contributed by atoms with E-state index < -0.39 is 0 Å². The molecule has 7 nitrogen and oxygen atoms in total. The standard InChI is InChI=1S/C16H20N4O3/c1-3-20-8-7-17-15(20)14-12(6-9-23-14)19-16(22)11-4-5-13(21)18-10(11)2/h4-5,7-8,12,14H,3,6,9H2,1-2H3,(H,18,21)(H,19,22)/t12-,14-/m0/s1. The van der Waals surface area contributed by atoms with E-state index in [1.165, 1.54) is 6.07 Å². The molecule has 0 radical (unpaired) electrons. The van der Waals surface area contributed by atoms with Gasteiger partial charge < -0.3 is 19.6 Å². The highest BCUT2D eigenvalue weighted by molar-refractivity contribution is 5.95. The Bertz CT molecular complexity index is 765. The highest BCUT2D eigenvalue weighted by atomic mass is 16.5. The number of aryl methyl sites for hydroxylation is 2. The number of aromatic amines is 1. The van der Waals surface area contributed by atoms with E-state index >= 15 is 0 Å². The van der Waals surface area contributed by atoms with Crippen LogP contribution in [0.2, 0.25) is 0 Å². The Balaban J connectivity index is 1.78.